The molecule has 7 heteroatoms. The lowest BCUT2D eigenvalue weighted by Gasteiger charge is -2.07. The lowest BCUT2D eigenvalue weighted by Crippen LogP contribution is -2.14. The number of aromatic nitrogens is 1. The van der Waals surface area contributed by atoms with E-state index in [4.69, 9.17) is 4.52 Å². The molecule has 2 rings (SSSR count). The highest BCUT2D eigenvalue weighted by Crippen LogP contribution is 2.28. The Morgan fingerprint density at radius 2 is 2.15 bits per heavy atom. The summed E-state index contributed by atoms with van der Waals surface area (Å²) in [4.78, 5) is 10.5. The topological polar surface area (TPSA) is 81.2 Å². The van der Waals surface area contributed by atoms with Gasteiger partial charge in [-0.3, -0.25) is 10.1 Å². The number of hydrogen-bond acceptors (Lipinski definition) is 5. The predicted molar refractivity (Wildman–Crippen MR) is 77.3 cm³/mol. The van der Waals surface area contributed by atoms with Gasteiger partial charge in [0.2, 0.25) is 0 Å². The van der Waals surface area contributed by atoms with Crippen molar-refractivity contribution in [2.45, 2.75) is 26.9 Å². The van der Waals surface area contributed by atoms with Crippen molar-refractivity contribution in [1.29, 1.82) is 0 Å². The van der Waals surface area contributed by atoms with E-state index in [-0.39, 0.29) is 5.69 Å². The molecule has 0 radical (unpaired) electrons. The first-order valence-electron chi connectivity index (χ1n) is 6.05. The van der Waals surface area contributed by atoms with Crippen LogP contribution in [-0.4, -0.2) is 10.1 Å². The van der Waals surface area contributed by atoms with Gasteiger partial charge < -0.3 is 9.84 Å². The summed E-state index contributed by atoms with van der Waals surface area (Å²) < 4.78 is 5.59. The van der Waals surface area contributed by atoms with Crippen LogP contribution in [0, 0.1) is 24.0 Å². The van der Waals surface area contributed by atoms with Crippen LogP contribution < -0.4 is 5.32 Å². The van der Waals surface area contributed by atoms with Gasteiger partial charge in [0.05, 0.1) is 15.1 Å². The highest BCUT2D eigenvalue weighted by atomic mass is 79.9. The molecule has 2 aromatic rings. The van der Waals surface area contributed by atoms with Gasteiger partial charge >= 0.3 is 0 Å². The zero-order valence-corrected chi connectivity index (χ0v) is 12.7. The minimum Gasteiger partial charge on any atom is -0.361 e. The Morgan fingerprint density at radius 1 is 1.40 bits per heavy atom. The van der Waals surface area contributed by atoms with Gasteiger partial charge in [0.1, 0.15) is 5.76 Å². The minimum absolute atomic E-state index is 0.0710. The Balaban J connectivity index is 2.05. The maximum absolute atomic E-state index is 10.9. The van der Waals surface area contributed by atoms with E-state index in [2.05, 4.69) is 26.4 Å². The first-order valence-corrected chi connectivity index (χ1v) is 6.84. The van der Waals surface area contributed by atoms with Gasteiger partial charge in [0.15, 0.2) is 0 Å². The van der Waals surface area contributed by atoms with Crippen molar-refractivity contribution in [3.63, 3.8) is 0 Å². The van der Waals surface area contributed by atoms with Gasteiger partial charge in [-0.1, -0.05) is 17.3 Å². The van der Waals surface area contributed by atoms with E-state index >= 15 is 0 Å². The Bertz CT molecular complexity index is 620. The molecular weight excluding hydrogens is 326 g/mol. The predicted octanol–water partition coefficient (Wildman–Crippen LogP) is 3.25. The molecule has 0 atom stereocenters. The van der Waals surface area contributed by atoms with Crippen molar-refractivity contribution < 1.29 is 9.45 Å². The second-order valence-corrected chi connectivity index (χ2v) is 5.21. The van der Waals surface area contributed by atoms with Crippen LogP contribution >= 0.6 is 15.9 Å². The molecule has 0 bridgehead atoms. The standard InChI is InChI=1S/C13H14BrN3O3/c1-8-11(9(2)20-16-8)7-15-6-10-4-3-5-12(13(10)14)17(18)19/h3-5,15H,6-7H2,1-2H3. The van der Waals surface area contributed by atoms with Crippen LogP contribution in [0.3, 0.4) is 0 Å². The van der Waals surface area contributed by atoms with Gasteiger partial charge in [-0.05, 0) is 35.3 Å². The number of nitro benzene ring substituents is 1. The molecule has 0 aliphatic rings. The average molecular weight is 340 g/mol. The molecule has 0 amide bonds. The van der Waals surface area contributed by atoms with E-state index in [1.54, 1.807) is 6.07 Å². The van der Waals surface area contributed by atoms with Crippen molar-refractivity contribution in [2.24, 2.45) is 0 Å². The zero-order chi connectivity index (χ0) is 14.7. The smallest absolute Gasteiger partial charge is 0.283 e. The molecule has 20 heavy (non-hydrogen) atoms. The van der Waals surface area contributed by atoms with Crippen LogP contribution in [0.1, 0.15) is 22.6 Å². The number of hydrogen-bond donors (Lipinski definition) is 1. The largest absolute Gasteiger partial charge is 0.361 e. The lowest BCUT2D eigenvalue weighted by atomic mass is 10.1. The number of halogens is 1. The van der Waals surface area contributed by atoms with Crippen molar-refractivity contribution in [2.75, 3.05) is 0 Å². The Labute approximate surface area is 124 Å². The molecular formula is C13H14BrN3O3. The molecule has 0 spiro atoms. The van der Waals surface area contributed by atoms with Gasteiger partial charge in [-0.15, -0.1) is 0 Å². The lowest BCUT2D eigenvalue weighted by molar-refractivity contribution is -0.385. The van der Waals surface area contributed by atoms with Crippen LogP contribution in [-0.2, 0) is 13.1 Å². The highest BCUT2D eigenvalue weighted by Gasteiger charge is 2.15. The SMILES string of the molecule is Cc1noc(C)c1CNCc1cccc([N+](=O)[O-])c1Br. The van der Waals surface area contributed by atoms with Gasteiger partial charge in [0.25, 0.3) is 5.69 Å². The van der Waals surface area contributed by atoms with E-state index < -0.39 is 4.92 Å². The first kappa shape index (κ1) is 14.7. The van der Waals surface area contributed by atoms with E-state index in [0.29, 0.717) is 17.6 Å². The van der Waals surface area contributed by atoms with Gasteiger partial charge in [0, 0.05) is 24.7 Å². The summed E-state index contributed by atoms with van der Waals surface area (Å²) in [6.07, 6.45) is 0. The molecule has 1 N–H and O–H groups in total. The highest BCUT2D eigenvalue weighted by molar-refractivity contribution is 9.10. The molecule has 0 unspecified atom stereocenters. The van der Waals surface area contributed by atoms with Gasteiger partial charge in [-0.25, -0.2) is 0 Å². The number of nitrogens with one attached hydrogen (secondary N) is 1. The summed E-state index contributed by atoms with van der Waals surface area (Å²) in [5, 5.41) is 18.0. The third-order valence-corrected chi connectivity index (χ3v) is 3.97. The molecule has 6 nitrogen and oxygen atoms in total. The number of nitro groups is 1. The third kappa shape index (κ3) is 3.05. The van der Waals surface area contributed by atoms with Crippen LogP contribution in [0.2, 0.25) is 0 Å². The Morgan fingerprint density at radius 3 is 2.75 bits per heavy atom. The van der Waals surface area contributed by atoms with Crippen molar-refractivity contribution in [1.82, 2.24) is 10.5 Å². The number of rotatable bonds is 5. The third-order valence-electron chi connectivity index (χ3n) is 3.05. The summed E-state index contributed by atoms with van der Waals surface area (Å²) in [5.74, 6) is 0.785. The number of aryl methyl sites for hydroxylation is 2. The monoisotopic (exact) mass is 339 g/mol. The minimum atomic E-state index is -0.401. The van der Waals surface area contributed by atoms with Crippen molar-refractivity contribution >= 4 is 21.6 Å². The van der Waals surface area contributed by atoms with Crippen LogP contribution in [0.4, 0.5) is 5.69 Å². The van der Waals surface area contributed by atoms with E-state index in [1.165, 1.54) is 6.07 Å². The summed E-state index contributed by atoms with van der Waals surface area (Å²) in [6, 6.07) is 5.00. The second-order valence-electron chi connectivity index (χ2n) is 4.41. The average Bonchev–Trinajstić information content (AvgIpc) is 2.72. The zero-order valence-electron chi connectivity index (χ0n) is 11.1. The summed E-state index contributed by atoms with van der Waals surface area (Å²) in [7, 11) is 0. The fraction of sp³-hybridized carbons (Fsp3) is 0.308. The summed E-state index contributed by atoms with van der Waals surface area (Å²) in [5.41, 5.74) is 2.78. The second kappa shape index (κ2) is 6.15. The fourth-order valence-corrected chi connectivity index (χ4v) is 2.47. The molecule has 0 saturated heterocycles. The summed E-state index contributed by atoms with van der Waals surface area (Å²) >= 11 is 3.28. The molecule has 0 aliphatic heterocycles. The van der Waals surface area contributed by atoms with Crippen LogP contribution in [0.25, 0.3) is 0 Å². The molecule has 0 aliphatic carbocycles. The Hall–Kier alpha value is -1.73. The Kier molecular flexibility index (Phi) is 4.51. The maximum atomic E-state index is 10.9. The van der Waals surface area contributed by atoms with Crippen molar-refractivity contribution in [3.8, 4) is 0 Å². The molecule has 0 fully saturated rings. The van der Waals surface area contributed by atoms with E-state index in [9.17, 15) is 10.1 Å². The fourth-order valence-electron chi connectivity index (χ4n) is 1.92. The first-order chi connectivity index (χ1) is 9.50. The summed E-state index contributed by atoms with van der Waals surface area (Å²) in [6.45, 7) is 4.87. The molecule has 0 saturated carbocycles. The molecule has 1 aromatic heterocycles. The van der Waals surface area contributed by atoms with E-state index in [1.807, 2.05) is 19.9 Å². The molecule has 1 heterocycles. The molecule has 106 valence electrons. The van der Waals surface area contributed by atoms with Gasteiger partial charge in [-0.2, -0.15) is 0 Å². The van der Waals surface area contributed by atoms with Crippen LogP contribution in [0.5, 0.6) is 0 Å². The number of benzene rings is 1. The molecule has 1 aromatic carbocycles. The normalized spacial score (nSPS) is 10.8. The van der Waals surface area contributed by atoms with Crippen LogP contribution in [0.15, 0.2) is 27.2 Å². The van der Waals surface area contributed by atoms with Crippen molar-refractivity contribution in [3.05, 3.63) is 55.4 Å². The quantitative estimate of drug-likeness (QED) is 0.667. The number of nitrogens with zero attached hydrogens (tertiary/aromatic N) is 2. The van der Waals surface area contributed by atoms with E-state index in [0.717, 1.165) is 22.6 Å². The maximum Gasteiger partial charge on any atom is 0.283 e.